The Hall–Kier alpha value is -2.71. The number of nitrogens with zero attached hydrogens (tertiary/aromatic N) is 3. The third-order valence-corrected chi connectivity index (χ3v) is 7.85. The number of rotatable bonds is 9. The molecule has 0 radical (unpaired) electrons. The van der Waals surface area contributed by atoms with Crippen LogP contribution in [0.15, 0.2) is 65.0 Å². The average molecular weight is 579 g/mol. The first kappa shape index (κ1) is 30.5. The highest BCUT2D eigenvalue weighted by molar-refractivity contribution is 7.89. The van der Waals surface area contributed by atoms with Crippen molar-refractivity contribution in [1.82, 2.24) is 14.2 Å². The van der Waals surface area contributed by atoms with Crippen LogP contribution in [0, 0.1) is 0 Å². The topological polar surface area (TPSA) is 103 Å². The van der Waals surface area contributed by atoms with E-state index in [2.05, 4.69) is 27.3 Å². The van der Waals surface area contributed by atoms with Gasteiger partial charge < -0.3 is 15.3 Å². The number of carboxylic acids is 1. The standard InChI is InChI=1S/C21H25ClN4O2S2.C2HF3O2/c1-25(2)14-19(16-7-5-4-6-8-16)24-17-9-10-20(18(22)13-17)30(27,28)26(3)15-21-23-11-12-29-21;3-2(4,5)1(6)7/h4-13,19,24H,14-15H2,1-3H3;(H,6,7)/t19-;/m0./s1. The highest BCUT2D eigenvalue weighted by Crippen LogP contribution is 2.30. The van der Waals surface area contributed by atoms with E-state index in [1.54, 1.807) is 24.4 Å². The summed E-state index contributed by atoms with van der Waals surface area (Å²) >= 11 is 7.82. The molecule has 0 fully saturated rings. The molecule has 14 heteroatoms. The molecule has 1 atom stereocenters. The maximum absolute atomic E-state index is 13.0. The van der Waals surface area contributed by atoms with Crippen molar-refractivity contribution in [1.29, 1.82) is 0 Å². The van der Waals surface area contributed by atoms with Crippen LogP contribution in [0.1, 0.15) is 16.6 Å². The first-order valence-electron chi connectivity index (χ1n) is 10.6. The number of benzene rings is 2. The first-order valence-corrected chi connectivity index (χ1v) is 13.3. The lowest BCUT2D eigenvalue weighted by molar-refractivity contribution is -0.192. The van der Waals surface area contributed by atoms with Gasteiger partial charge in [0.15, 0.2) is 0 Å². The zero-order valence-electron chi connectivity index (χ0n) is 20.1. The molecule has 8 nitrogen and oxygen atoms in total. The molecule has 2 aromatic carbocycles. The van der Waals surface area contributed by atoms with E-state index in [0.29, 0.717) is 0 Å². The third-order valence-electron chi connectivity index (χ3n) is 4.79. The Morgan fingerprint density at radius 2 is 1.78 bits per heavy atom. The lowest BCUT2D eigenvalue weighted by Crippen LogP contribution is -2.27. The number of hydrogen-bond acceptors (Lipinski definition) is 7. The minimum absolute atomic E-state index is 0.0345. The van der Waals surface area contributed by atoms with Gasteiger partial charge in [0.25, 0.3) is 0 Å². The van der Waals surface area contributed by atoms with E-state index in [9.17, 15) is 21.6 Å². The molecule has 37 heavy (non-hydrogen) atoms. The van der Waals surface area contributed by atoms with E-state index in [0.717, 1.165) is 22.8 Å². The summed E-state index contributed by atoms with van der Waals surface area (Å²) < 4.78 is 58.9. The summed E-state index contributed by atoms with van der Waals surface area (Å²) in [4.78, 5) is 15.2. The van der Waals surface area contributed by atoms with Crippen LogP contribution in [0.3, 0.4) is 0 Å². The Labute approximate surface area is 222 Å². The van der Waals surface area contributed by atoms with E-state index in [1.807, 2.05) is 37.7 Å². The second-order valence-corrected chi connectivity index (χ2v) is 11.4. The second-order valence-electron chi connectivity index (χ2n) is 8.00. The van der Waals surface area contributed by atoms with Crippen molar-refractivity contribution in [3.8, 4) is 0 Å². The number of halogens is 4. The van der Waals surface area contributed by atoms with Crippen LogP contribution in [0.2, 0.25) is 5.02 Å². The number of hydrogen-bond donors (Lipinski definition) is 2. The van der Waals surface area contributed by atoms with Crippen LogP contribution in [0.5, 0.6) is 0 Å². The fourth-order valence-electron chi connectivity index (χ4n) is 3.06. The van der Waals surface area contributed by atoms with Gasteiger partial charge >= 0.3 is 12.1 Å². The quantitative estimate of drug-likeness (QED) is 0.370. The molecule has 0 saturated heterocycles. The first-order chi connectivity index (χ1) is 17.2. The van der Waals surface area contributed by atoms with E-state index < -0.39 is 22.2 Å². The number of nitrogens with one attached hydrogen (secondary N) is 1. The fraction of sp³-hybridized carbons (Fsp3) is 0.304. The summed E-state index contributed by atoms with van der Waals surface area (Å²) in [6.45, 7) is 0.980. The molecule has 202 valence electrons. The van der Waals surface area contributed by atoms with Crippen LogP contribution in [0.25, 0.3) is 0 Å². The molecule has 0 spiro atoms. The van der Waals surface area contributed by atoms with Crippen molar-refractivity contribution in [3.63, 3.8) is 0 Å². The van der Waals surface area contributed by atoms with Crippen LogP contribution in [0.4, 0.5) is 18.9 Å². The predicted molar refractivity (Wildman–Crippen MR) is 137 cm³/mol. The SMILES string of the molecule is CN(C)C[C@H](Nc1ccc(S(=O)(=O)N(C)Cc2nccs2)c(Cl)c1)c1ccccc1.O=C(O)C(F)(F)F. The number of aromatic nitrogens is 1. The van der Waals surface area contributed by atoms with E-state index >= 15 is 0 Å². The van der Waals surface area contributed by atoms with Gasteiger partial charge in [0, 0.05) is 30.9 Å². The summed E-state index contributed by atoms with van der Waals surface area (Å²) in [5.74, 6) is -2.76. The Kier molecular flexibility index (Phi) is 10.9. The Bertz CT molecular complexity index is 1260. The summed E-state index contributed by atoms with van der Waals surface area (Å²) in [6.07, 6.45) is -3.43. The summed E-state index contributed by atoms with van der Waals surface area (Å²) in [5, 5.41) is 13.3. The average Bonchev–Trinajstić information content (AvgIpc) is 3.31. The molecule has 0 bridgehead atoms. The molecule has 2 N–H and O–H groups in total. The van der Waals surface area contributed by atoms with Gasteiger partial charge in [-0.25, -0.2) is 18.2 Å². The van der Waals surface area contributed by atoms with E-state index in [4.69, 9.17) is 21.5 Å². The van der Waals surface area contributed by atoms with Gasteiger partial charge in [0.1, 0.15) is 9.90 Å². The molecule has 3 aromatic rings. The van der Waals surface area contributed by atoms with Gasteiger partial charge in [-0.1, -0.05) is 41.9 Å². The van der Waals surface area contributed by atoms with E-state index in [1.165, 1.54) is 22.7 Å². The van der Waals surface area contributed by atoms with Crippen molar-refractivity contribution in [2.24, 2.45) is 0 Å². The van der Waals surface area contributed by atoms with Gasteiger partial charge in [-0.15, -0.1) is 11.3 Å². The fourth-order valence-corrected chi connectivity index (χ4v) is 5.46. The molecule has 0 aliphatic heterocycles. The van der Waals surface area contributed by atoms with Crippen LogP contribution >= 0.6 is 22.9 Å². The van der Waals surface area contributed by atoms with Crippen LogP contribution in [-0.4, -0.2) is 67.5 Å². The highest BCUT2D eigenvalue weighted by Gasteiger charge is 2.38. The molecule has 1 heterocycles. The van der Waals surface area contributed by atoms with Crippen molar-refractivity contribution < 1.29 is 31.5 Å². The smallest absolute Gasteiger partial charge is 0.475 e. The number of thiazole rings is 1. The number of sulfonamides is 1. The van der Waals surface area contributed by atoms with Gasteiger partial charge in [-0.05, 0) is 37.9 Å². The Morgan fingerprint density at radius 3 is 2.27 bits per heavy atom. The summed E-state index contributed by atoms with van der Waals surface area (Å²) in [5.41, 5.74) is 1.90. The van der Waals surface area contributed by atoms with Crippen molar-refractivity contribution in [2.75, 3.05) is 33.0 Å². The molecule has 0 aliphatic rings. The van der Waals surface area contributed by atoms with Crippen molar-refractivity contribution in [3.05, 3.63) is 75.7 Å². The maximum atomic E-state index is 13.0. The molecule has 0 aliphatic carbocycles. The summed E-state index contributed by atoms with van der Waals surface area (Å²) in [6, 6.07) is 15.1. The molecule has 0 unspecified atom stereocenters. The summed E-state index contributed by atoms with van der Waals surface area (Å²) in [7, 11) is 1.82. The lowest BCUT2D eigenvalue weighted by atomic mass is 10.1. The predicted octanol–water partition coefficient (Wildman–Crippen LogP) is 4.97. The van der Waals surface area contributed by atoms with E-state index in [-0.39, 0.29) is 22.5 Å². The second kappa shape index (κ2) is 13.2. The molecule has 0 saturated carbocycles. The Balaban J connectivity index is 0.000000604. The maximum Gasteiger partial charge on any atom is 0.490 e. The molecule has 3 rings (SSSR count). The van der Waals surface area contributed by atoms with Gasteiger partial charge in [-0.3, -0.25) is 0 Å². The number of likely N-dealkylation sites (N-methyl/N-ethyl adjacent to an activating group) is 1. The van der Waals surface area contributed by atoms with Gasteiger partial charge in [-0.2, -0.15) is 17.5 Å². The van der Waals surface area contributed by atoms with Crippen molar-refractivity contribution in [2.45, 2.75) is 23.7 Å². The minimum Gasteiger partial charge on any atom is -0.475 e. The Morgan fingerprint density at radius 1 is 1.16 bits per heavy atom. The third kappa shape index (κ3) is 9.27. The van der Waals surface area contributed by atoms with Crippen molar-refractivity contribution >= 4 is 44.6 Å². The number of aliphatic carboxylic acids is 1. The van der Waals surface area contributed by atoms with Gasteiger partial charge in [0.2, 0.25) is 10.0 Å². The molecular formula is C23H26ClF3N4O4S2. The normalized spacial score (nSPS) is 12.7. The largest absolute Gasteiger partial charge is 0.490 e. The zero-order chi connectivity index (χ0) is 27.8. The monoisotopic (exact) mass is 578 g/mol. The number of carboxylic acid groups (broad SMARTS) is 1. The van der Waals surface area contributed by atoms with Gasteiger partial charge in [0.05, 0.1) is 17.6 Å². The lowest BCUT2D eigenvalue weighted by Gasteiger charge is -2.24. The molecule has 0 amide bonds. The van der Waals surface area contributed by atoms with Crippen LogP contribution in [-0.2, 0) is 21.4 Å². The number of carbonyl (C=O) groups is 1. The van der Waals surface area contributed by atoms with Crippen LogP contribution < -0.4 is 5.32 Å². The molecular weight excluding hydrogens is 553 g/mol. The number of anilines is 1. The zero-order valence-corrected chi connectivity index (χ0v) is 22.5. The number of alkyl halides is 3. The molecule has 1 aromatic heterocycles. The highest BCUT2D eigenvalue weighted by atomic mass is 35.5. The minimum atomic E-state index is -5.08.